The summed E-state index contributed by atoms with van der Waals surface area (Å²) in [5, 5.41) is 39.5. The van der Waals surface area contributed by atoms with Crippen LogP contribution in [0, 0.1) is 10.1 Å². The van der Waals surface area contributed by atoms with Crippen molar-refractivity contribution in [3.05, 3.63) is 33.9 Å². The molecule has 1 heterocycles. The zero-order chi connectivity index (χ0) is 14.2. The lowest BCUT2D eigenvalue weighted by molar-refractivity contribution is -0.384. The van der Waals surface area contributed by atoms with Gasteiger partial charge >= 0.3 is 0 Å². The van der Waals surface area contributed by atoms with Gasteiger partial charge in [0.25, 0.3) is 5.69 Å². The fraction of sp³-hybridized carbons (Fsp3) is 0.500. The number of nitro benzene ring substituents is 1. The van der Waals surface area contributed by atoms with Crippen molar-refractivity contribution in [1.29, 1.82) is 0 Å². The van der Waals surface area contributed by atoms with Gasteiger partial charge in [0.1, 0.15) is 5.69 Å². The van der Waals surface area contributed by atoms with E-state index >= 15 is 0 Å². The van der Waals surface area contributed by atoms with Crippen LogP contribution in [0.4, 0.5) is 11.4 Å². The van der Waals surface area contributed by atoms with Gasteiger partial charge in [-0.05, 0) is 18.6 Å². The molecule has 2 rings (SSSR count). The molecule has 0 bridgehead atoms. The van der Waals surface area contributed by atoms with E-state index < -0.39 is 23.2 Å². The Balaban J connectivity index is 2.38. The first kappa shape index (κ1) is 13.7. The van der Waals surface area contributed by atoms with Gasteiger partial charge in [-0.3, -0.25) is 10.1 Å². The first-order valence-electron chi connectivity index (χ1n) is 5.97. The number of benzene rings is 1. The highest BCUT2D eigenvalue weighted by Gasteiger charge is 2.33. The molecule has 0 amide bonds. The molecule has 1 fully saturated rings. The fourth-order valence-corrected chi connectivity index (χ4v) is 2.18. The molecule has 0 aromatic heterocycles. The predicted octanol–water partition coefficient (Wildman–Crippen LogP) is 0.190. The first-order valence-corrected chi connectivity index (χ1v) is 5.97. The maximum atomic E-state index is 11.1. The lowest BCUT2D eigenvalue weighted by atomic mass is 10.1. The molecule has 0 saturated carbocycles. The van der Waals surface area contributed by atoms with E-state index in [-0.39, 0.29) is 18.8 Å². The van der Waals surface area contributed by atoms with Crippen LogP contribution in [0.1, 0.15) is 18.6 Å². The van der Waals surface area contributed by atoms with Crippen molar-refractivity contribution in [2.45, 2.75) is 25.2 Å². The van der Waals surface area contributed by atoms with E-state index in [2.05, 4.69) is 0 Å². The molecule has 2 unspecified atom stereocenters. The average molecular weight is 268 g/mol. The quantitative estimate of drug-likeness (QED) is 0.533. The summed E-state index contributed by atoms with van der Waals surface area (Å²) in [6, 6.07) is 4.45. The van der Waals surface area contributed by atoms with Crippen LogP contribution < -0.4 is 4.90 Å². The number of nitrogens with zero attached hydrogens (tertiary/aromatic N) is 2. The number of aliphatic hydroxyl groups excluding tert-OH is 3. The summed E-state index contributed by atoms with van der Waals surface area (Å²) in [6.07, 6.45) is -2.60. The molecule has 0 radical (unpaired) electrons. The van der Waals surface area contributed by atoms with Gasteiger partial charge in [-0.1, -0.05) is 6.07 Å². The summed E-state index contributed by atoms with van der Waals surface area (Å²) < 4.78 is 0. The number of β-amino-alcohol motifs (C(OH)–C–C–N with tert-alkyl or cyclic N) is 2. The van der Waals surface area contributed by atoms with E-state index in [9.17, 15) is 25.4 Å². The maximum absolute atomic E-state index is 11.1. The normalized spacial score (nSPS) is 24.5. The summed E-state index contributed by atoms with van der Waals surface area (Å²) in [5.74, 6) is 0. The lowest BCUT2D eigenvalue weighted by Gasteiger charge is -2.18. The van der Waals surface area contributed by atoms with Crippen molar-refractivity contribution in [2.24, 2.45) is 0 Å². The second-order valence-corrected chi connectivity index (χ2v) is 4.72. The van der Waals surface area contributed by atoms with Gasteiger partial charge in [0.2, 0.25) is 0 Å². The highest BCUT2D eigenvalue weighted by Crippen LogP contribution is 2.33. The Hall–Kier alpha value is -1.70. The minimum atomic E-state index is -0.906. The number of hydrogen-bond donors (Lipinski definition) is 3. The third-order valence-electron chi connectivity index (χ3n) is 3.28. The van der Waals surface area contributed by atoms with Crippen molar-refractivity contribution in [1.82, 2.24) is 0 Å². The standard InChI is InChI=1S/C12H16N2O5/c1-7(15)8-2-3-9(10(4-8)14(18)19)13-5-11(16)12(17)6-13/h2-4,7,11-12,15-17H,5-6H2,1H3/t7-,11?,12?/m1/s1. The summed E-state index contributed by atoms with van der Waals surface area (Å²) in [4.78, 5) is 12.1. The molecule has 0 spiro atoms. The van der Waals surface area contributed by atoms with E-state index in [1.165, 1.54) is 19.1 Å². The van der Waals surface area contributed by atoms with E-state index in [0.29, 0.717) is 11.3 Å². The topological polar surface area (TPSA) is 107 Å². The van der Waals surface area contributed by atoms with Crippen LogP contribution in [0.5, 0.6) is 0 Å². The van der Waals surface area contributed by atoms with Crippen LogP contribution in [0.15, 0.2) is 18.2 Å². The largest absolute Gasteiger partial charge is 0.389 e. The number of nitro groups is 1. The Labute approximate surface area is 109 Å². The van der Waals surface area contributed by atoms with Gasteiger partial charge in [0.15, 0.2) is 0 Å². The minimum Gasteiger partial charge on any atom is -0.389 e. The van der Waals surface area contributed by atoms with Crippen molar-refractivity contribution in [3.8, 4) is 0 Å². The maximum Gasteiger partial charge on any atom is 0.292 e. The van der Waals surface area contributed by atoms with Gasteiger partial charge in [0, 0.05) is 19.2 Å². The van der Waals surface area contributed by atoms with Gasteiger partial charge < -0.3 is 20.2 Å². The molecule has 1 aliphatic rings. The highest BCUT2D eigenvalue weighted by atomic mass is 16.6. The van der Waals surface area contributed by atoms with Crippen molar-refractivity contribution < 1.29 is 20.2 Å². The SMILES string of the molecule is C[C@@H](O)c1ccc(N2CC(O)C(O)C2)c([N+](=O)[O-])c1. The molecule has 1 aromatic carbocycles. The third-order valence-corrected chi connectivity index (χ3v) is 3.28. The molecule has 104 valence electrons. The predicted molar refractivity (Wildman–Crippen MR) is 68.0 cm³/mol. The molecular formula is C12H16N2O5. The molecular weight excluding hydrogens is 252 g/mol. The zero-order valence-corrected chi connectivity index (χ0v) is 10.4. The Bertz CT molecular complexity index is 481. The molecule has 1 aliphatic heterocycles. The molecule has 0 aliphatic carbocycles. The minimum absolute atomic E-state index is 0.139. The van der Waals surface area contributed by atoms with Crippen LogP contribution >= 0.6 is 0 Å². The lowest BCUT2D eigenvalue weighted by Crippen LogP contribution is -2.22. The van der Waals surface area contributed by atoms with E-state index in [1.54, 1.807) is 11.0 Å². The van der Waals surface area contributed by atoms with E-state index in [4.69, 9.17) is 0 Å². The van der Waals surface area contributed by atoms with Crippen molar-refractivity contribution in [3.63, 3.8) is 0 Å². The van der Waals surface area contributed by atoms with Crippen molar-refractivity contribution in [2.75, 3.05) is 18.0 Å². The second-order valence-electron chi connectivity index (χ2n) is 4.72. The van der Waals surface area contributed by atoms with Crippen LogP contribution in [-0.4, -0.2) is 45.5 Å². The number of anilines is 1. The monoisotopic (exact) mass is 268 g/mol. The molecule has 1 aromatic rings. The smallest absolute Gasteiger partial charge is 0.292 e. The van der Waals surface area contributed by atoms with Gasteiger partial charge in [-0.25, -0.2) is 0 Å². The first-order chi connectivity index (χ1) is 8.90. The Morgan fingerprint density at radius 3 is 2.42 bits per heavy atom. The van der Waals surface area contributed by atoms with E-state index in [1.807, 2.05) is 0 Å². The van der Waals surface area contributed by atoms with Crippen LogP contribution in [-0.2, 0) is 0 Å². The summed E-state index contributed by atoms with van der Waals surface area (Å²) >= 11 is 0. The van der Waals surface area contributed by atoms with Crippen LogP contribution in [0.3, 0.4) is 0 Å². The van der Waals surface area contributed by atoms with Gasteiger partial charge in [-0.15, -0.1) is 0 Å². The summed E-state index contributed by atoms with van der Waals surface area (Å²) in [7, 11) is 0. The Morgan fingerprint density at radius 1 is 1.37 bits per heavy atom. The molecule has 7 nitrogen and oxygen atoms in total. The fourth-order valence-electron chi connectivity index (χ4n) is 2.18. The van der Waals surface area contributed by atoms with Gasteiger partial charge in [-0.2, -0.15) is 0 Å². The van der Waals surface area contributed by atoms with Crippen molar-refractivity contribution >= 4 is 11.4 Å². The number of hydrogen-bond acceptors (Lipinski definition) is 6. The summed E-state index contributed by atoms with van der Waals surface area (Å²) in [5.41, 5.74) is 0.653. The van der Waals surface area contributed by atoms with Crippen LogP contribution in [0.25, 0.3) is 0 Å². The molecule has 7 heteroatoms. The van der Waals surface area contributed by atoms with Crippen LogP contribution in [0.2, 0.25) is 0 Å². The Morgan fingerprint density at radius 2 is 1.95 bits per heavy atom. The number of aliphatic hydroxyl groups is 3. The molecule has 3 atom stereocenters. The van der Waals surface area contributed by atoms with Gasteiger partial charge in [0.05, 0.1) is 23.2 Å². The molecule has 1 saturated heterocycles. The highest BCUT2D eigenvalue weighted by molar-refractivity contribution is 5.65. The summed E-state index contributed by atoms with van der Waals surface area (Å²) in [6.45, 7) is 1.83. The number of rotatable bonds is 3. The zero-order valence-electron chi connectivity index (χ0n) is 10.4. The average Bonchev–Trinajstić information content (AvgIpc) is 2.68. The third kappa shape index (κ3) is 2.67. The van der Waals surface area contributed by atoms with E-state index in [0.717, 1.165) is 0 Å². The second kappa shape index (κ2) is 5.12. The molecule has 19 heavy (non-hydrogen) atoms. The Kier molecular flexibility index (Phi) is 3.70. The molecule has 3 N–H and O–H groups in total.